The zero-order chi connectivity index (χ0) is 21.1. The molecule has 2 N–H and O–H groups in total. The number of halogens is 1. The van der Waals surface area contributed by atoms with E-state index < -0.39 is 11.8 Å². The van der Waals surface area contributed by atoms with Crippen LogP contribution >= 0.6 is 0 Å². The third-order valence-corrected chi connectivity index (χ3v) is 5.61. The number of benzene rings is 2. The van der Waals surface area contributed by atoms with E-state index in [1.807, 2.05) is 12.1 Å². The van der Waals surface area contributed by atoms with Crippen LogP contribution < -0.4 is 10.5 Å². The first-order valence-electron chi connectivity index (χ1n) is 10.1. The van der Waals surface area contributed by atoms with Gasteiger partial charge < -0.3 is 15.0 Å². The average molecular weight is 409 g/mol. The molecule has 0 saturated carbocycles. The van der Waals surface area contributed by atoms with Crippen molar-refractivity contribution in [2.45, 2.75) is 12.8 Å². The van der Waals surface area contributed by atoms with Gasteiger partial charge in [-0.15, -0.1) is 0 Å². The lowest BCUT2D eigenvalue weighted by Gasteiger charge is -2.36. The van der Waals surface area contributed by atoms with Crippen molar-refractivity contribution in [1.29, 1.82) is 0 Å². The molecule has 3 aromatic rings. The van der Waals surface area contributed by atoms with E-state index in [1.165, 1.54) is 12.1 Å². The Morgan fingerprint density at radius 1 is 1.07 bits per heavy atom. The highest BCUT2D eigenvalue weighted by Crippen LogP contribution is 2.19. The molecule has 2 aromatic carbocycles. The second-order valence-corrected chi connectivity index (χ2v) is 7.64. The first-order chi connectivity index (χ1) is 14.5. The Balaban J connectivity index is 1.30. The van der Waals surface area contributed by atoms with Gasteiger partial charge in [0.05, 0.1) is 5.56 Å². The summed E-state index contributed by atoms with van der Waals surface area (Å²) in [6.45, 7) is 4.44. The fourth-order valence-corrected chi connectivity index (χ4v) is 3.98. The number of hydrogen-bond acceptors (Lipinski definition) is 4. The fraction of sp³-hybridized carbons (Fsp3) is 0.304. The highest BCUT2D eigenvalue weighted by atomic mass is 19.1. The number of rotatable bonds is 6. The summed E-state index contributed by atoms with van der Waals surface area (Å²) in [4.78, 5) is 30.8. The van der Waals surface area contributed by atoms with E-state index in [4.69, 9.17) is 5.11 Å². The molecule has 6 nitrogen and oxygen atoms in total. The number of carbonyl (C=O) groups is 1. The summed E-state index contributed by atoms with van der Waals surface area (Å²) in [6, 6.07) is 13.3. The van der Waals surface area contributed by atoms with Gasteiger partial charge in [0.15, 0.2) is 0 Å². The summed E-state index contributed by atoms with van der Waals surface area (Å²) >= 11 is 0. The van der Waals surface area contributed by atoms with Crippen molar-refractivity contribution in [1.82, 2.24) is 9.88 Å². The third-order valence-electron chi connectivity index (χ3n) is 5.61. The van der Waals surface area contributed by atoms with Crippen LogP contribution in [0.3, 0.4) is 0 Å². The van der Waals surface area contributed by atoms with Crippen molar-refractivity contribution in [3.05, 3.63) is 76.0 Å². The molecule has 1 aromatic heterocycles. The number of H-pyrrole nitrogens is 1. The summed E-state index contributed by atoms with van der Waals surface area (Å²) in [5.41, 5.74) is 1.87. The lowest BCUT2D eigenvalue weighted by atomic mass is 10.1. The molecule has 156 valence electrons. The minimum atomic E-state index is -0.910. The number of fused-ring (bicyclic) bond motifs is 1. The van der Waals surface area contributed by atoms with Gasteiger partial charge >= 0.3 is 5.97 Å². The van der Waals surface area contributed by atoms with Gasteiger partial charge in [0.25, 0.3) is 5.56 Å². The van der Waals surface area contributed by atoms with Crippen LogP contribution in [-0.4, -0.2) is 53.7 Å². The van der Waals surface area contributed by atoms with Crippen LogP contribution in [0.2, 0.25) is 0 Å². The lowest BCUT2D eigenvalue weighted by Crippen LogP contribution is -2.46. The highest BCUT2D eigenvalue weighted by molar-refractivity contribution is 5.88. The molecule has 2 heterocycles. The molecule has 0 radical (unpaired) electrons. The normalized spacial score (nSPS) is 14.9. The monoisotopic (exact) mass is 409 g/mol. The number of piperazine rings is 1. The van der Waals surface area contributed by atoms with Gasteiger partial charge in [0, 0.05) is 42.9 Å². The zero-order valence-electron chi connectivity index (χ0n) is 16.6. The lowest BCUT2D eigenvalue weighted by molar-refractivity contribution is 0.0697. The summed E-state index contributed by atoms with van der Waals surface area (Å²) in [5, 5.41) is 10.3. The van der Waals surface area contributed by atoms with Crippen LogP contribution in [0.15, 0.2) is 53.3 Å². The Bertz CT molecular complexity index is 1120. The smallest absolute Gasteiger partial charge is 0.335 e. The Labute approximate surface area is 173 Å². The van der Waals surface area contributed by atoms with Crippen molar-refractivity contribution in [2.75, 3.05) is 37.6 Å². The van der Waals surface area contributed by atoms with Crippen LogP contribution in [-0.2, 0) is 6.42 Å². The summed E-state index contributed by atoms with van der Waals surface area (Å²) < 4.78 is 13.3. The molecule has 4 rings (SSSR count). The number of anilines is 1. The van der Waals surface area contributed by atoms with E-state index in [0.29, 0.717) is 10.9 Å². The fourth-order valence-electron chi connectivity index (χ4n) is 3.98. The number of aryl methyl sites for hydroxylation is 1. The van der Waals surface area contributed by atoms with E-state index in [-0.39, 0.29) is 5.56 Å². The van der Waals surface area contributed by atoms with Crippen LogP contribution in [0, 0.1) is 5.82 Å². The predicted molar refractivity (Wildman–Crippen MR) is 115 cm³/mol. The number of aromatic nitrogens is 1. The molecule has 0 spiro atoms. The standard InChI is InChI=1S/C23H24FN3O3/c24-18-7-6-16-13-19(25-22(28)21(16)15-18)4-2-8-26-9-11-27(12-10-26)20-5-1-3-17(14-20)23(29)30/h1,3,5-7,13-15H,2,4,8-12H2,(H,25,28)(H,29,30). The minimum Gasteiger partial charge on any atom is -0.478 e. The van der Waals surface area contributed by atoms with Gasteiger partial charge in [-0.3, -0.25) is 9.69 Å². The van der Waals surface area contributed by atoms with Crippen LogP contribution in [0.25, 0.3) is 10.8 Å². The Morgan fingerprint density at radius 3 is 2.63 bits per heavy atom. The van der Waals surface area contributed by atoms with Gasteiger partial charge in [0.1, 0.15) is 5.82 Å². The maximum Gasteiger partial charge on any atom is 0.335 e. The maximum atomic E-state index is 13.3. The number of pyridine rings is 1. The molecule has 1 fully saturated rings. The topological polar surface area (TPSA) is 76.6 Å². The van der Waals surface area contributed by atoms with Crippen molar-refractivity contribution < 1.29 is 14.3 Å². The van der Waals surface area contributed by atoms with Crippen molar-refractivity contribution in [3.63, 3.8) is 0 Å². The van der Waals surface area contributed by atoms with Gasteiger partial charge in [-0.1, -0.05) is 12.1 Å². The third kappa shape index (κ3) is 4.52. The van der Waals surface area contributed by atoms with Gasteiger partial charge in [-0.05, 0) is 61.2 Å². The number of aromatic amines is 1. The van der Waals surface area contributed by atoms with Crippen molar-refractivity contribution in [2.24, 2.45) is 0 Å². The van der Waals surface area contributed by atoms with E-state index >= 15 is 0 Å². The van der Waals surface area contributed by atoms with Crippen molar-refractivity contribution in [3.8, 4) is 0 Å². The molecule has 1 aliphatic rings. The largest absolute Gasteiger partial charge is 0.478 e. The molecule has 1 aliphatic heterocycles. The summed E-state index contributed by atoms with van der Waals surface area (Å²) in [6.07, 6.45) is 1.67. The van der Waals surface area contributed by atoms with E-state index in [9.17, 15) is 14.0 Å². The number of carboxylic acids is 1. The number of hydrogen-bond donors (Lipinski definition) is 2. The van der Waals surface area contributed by atoms with Crippen LogP contribution in [0.1, 0.15) is 22.5 Å². The molecule has 0 bridgehead atoms. The number of aromatic carboxylic acids is 1. The second-order valence-electron chi connectivity index (χ2n) is 7.64. The Kier molecular flexibility index (Phi) is 5.81. The molecular formula is C23H24FN3O3. The molecule has 1 saturated heterocycles. The van der Waals surface area contributed by atoms with Gasteiger partial charge in [-0.2, -0.15) is 0 Å². The summed E-state index contributed by atoms with van der Waals surface area (Å²) in [7, 11) is 0. The SMILES string of the molecule is O=C(O)c1cccc(N2CCN(CCCc3cc4ccc(F)cc4c(=O)[nH]3)CC2)c1. The first kappa shape index (κ1) is 20.1. The highest BCUT2D eigenvalue weighted by Gasteiger charge is 2.18. The molecule has 0 aliphatic carbocycles. The molecule has 0 unspecified atom stereocenters. The van der Waals surface area contributed by atoms with E-state index in [2.05, 4.69) is 14.8 Å². The Morgan fingerprint density at radius 2 is 1.87 bits per heavy atom. The average Bonchev–Trinajstić information content (AvgIpc) is 2.75. The number of carboxylic acid groups (broad SMARTS) is 1. The minimum absolute atomic E-state index is 0.251. The quantitative estimate of drug-likeness (QED) is 0.654. The first-order valence-corrected chi connectivity index (χ1v) is 10.1. The zero-order valence-corrected chi connectivity index (χ0v) is 16.6. The molecule has 0 atom stereocenters. The van der Waals surface area contributed by atoms with Crippen molar-refractivity contribution >= 4 is 22.4 Å². The van der Waals surface area contributed by atoms with E-state index in [1.54, 1.807) is 24.3 Å². The molecular weight excluding hydrogens is 385 g/mol. The summed E-state index contributed by atoms with van der Waals surface area (Å²) in [5.74, 6) is -1.32. The van der Waals surface area contributed by atoms with Crippen LogP contribution in [0.4, 0.5) is 10.1 Å². The maximum absolute atomic E-state index is 13.3. The predicted octanol–water partition coefficient (Wildman–Crippen LogP) is 3.12. The van der Waals surface area contributed by atoms with Crippen LogP contribution in [0.5, 0.6) is 0 Å². The molecule has 0 amide bonds. The molecule has 7 heteroatoms. The second kappa shape index (κ2) is 8.67. The number of nitrogens with one attached hydrogen (secondary N) is 1. The molecule has 30 heavy (non-hydrogen) atoms. The van der Waals surface area contributed by atoms with Gasteiger partial charge in [0.2, 0.25) is 0 Å². The number of nitrogens with zero attached hydrogens (tertiary/aromatic N) is 2. The van der Waals surface area contributed by atoms with E-state index in [0.717, 1.165) is 62.3 Å². The Hall–Kier alpha value is -3.19. The van der Waals surface area contributed by atoms with Gasteiger partial charge in [-0.25, -0.2) is 9.18 Å².